The Labute approximate surface area is 198 Å². The molecule has 11 heteroatoms. The number of carbonyl (C=O) groups excluding carboxylic acids is 2. The first kappa shape index (κ1) is 23.3. The molecule has 2 aliphatic rings. The van der Waals surface area contributed by atoms with Crippen LogP contribution in [0.15, 0.2) is 42.5 Å². The highest BCUT2D eigenvalue weighted by Crippen LogP contribution is 2.31. The number of anilines is 2. The quantitative estimate of drug-likeness (QED) is 0.496. The van der Waals surface area contributed by atoms with Crippen molar-refractivity contribution in [3.05, 3.63) is 53.6 Å². The predicted molar refractivity (Wildman–Crippen MR) is 123 cm³/mol. The van der Waals surface area contributed by atoms with Crippen LogP contribution < -0.4 is 15.5 Å². The van der Waals surface area contributed by atoms with Gasteiger partial charge in [-0.05, 0) is 55.7 Å². The van der Waals surface area contributed by atoms with Crippen LogP contribution in [-0.2, 0) is 17.5 Å². The molecule has 2 bridgehead atoms. The molecule has 0 spiro atoms. The van der Waals surface area contributed by atoms with Gasteiger partial charge in [-0.1, -0.05) is 6.07 Å². The van der Waals surface area contributed by atoms with Crippen LogP contribution in [-0.4, -0.2) is 51.7 Å². The fourth-order valence-corrected chi connectivity index (χ4v) is 4.74. The Kier molecular flexibility index (Phi) is 5.97. The molecule has 184 valence electrons. The fraction of sp³-hybridized carbons (Fsp3) is 0.375. The van der Waals surface area contributed by atoms with Crippen LogP contribution >= 0.6 is 0 Å². The molecule has 3 aromatic rings. The Morgan fingerprint density at radius 2 is 2.03 bits per heavy atom. The molecule has 3 heterocycles. The average molecular weight is 487 g/mol. The first-order chi connectivity index (χ1) is 16.7. The molecule has 0 aliphatic carbocycles. The van der Waals surface area contributed by atoms with E-state index < -0.39 is 17.6 Å². The van der Waals surface area contributed by atoms with Gasteiger partial charge in [0.05, 0.1) is 22.6 Å². The van der Waals surface area contributed by atoms with E-state index in [0.29, 0.717) is 36.2 Å². The van der Waals surface area contributed by atoms with Crippen LogP contribution in [0, 0.1) is 0 Å². The standard InChI is InChI=1S/C24H24F3N5O3/c25-24(26,27)15-4-1-3-14(11-15)21(34)30-23-29-19-12-17(6-8-20(19)31(23)9-2-10-33)32-13-16-5-7-18(28-16)22(32)35/h1,3-4,6,8,11-12,16,18,28,33H,2,5,7,9-10,13H2,(H,29,30,34). The van der Waals surface area contributed by atoms with Gasteiger partial charge in [-0.25, -0.2) is 4.98 Å². The van der Waals surface area contributed by atoms with E-state index in [2.05, 4.69) is 15.6 Å². The Balaban J connectivity index is 1.46. The molecule has 0 radical (unpaired) electrons. The van der Waals surface area contributed by atoms with Crippen LogP contribution in [0.4, 0.5) is 24.8 Å². The number of halogens is 3. The molecular weight excluding hydrogens is 463 g/mol. The molecule has 2 fully saturated rings. The lowest BCUT2D eigenvalue weighted by Crippen LogP contribution is -2.55. The molecule has 2 amide bonds. The average Bonchev–Trinajstić information content (AvgIpc) is 3.40. The number of aryl methyl sites for hydroxylation is 1. The number of amides is 2. The first-order valence-corrected chi connectivity index (χ1v) is 11.4. The minimum Gasteiger partial charge on any atom is -0.396 e. The Morgan fingerprint density at radius 1 is 1.20 bits per heavy atom. The van der Waals surface area contributed by atoms with E-state index in [1.165, 1.54) is 12.1 Å². The first-order valence-electron chi connectivity index (χ1n) is 11.4. The highest BCUT2D eigenvalue weighted by atomic mass is 19.4. The third-order valence-corrected chi connectivity index (χ3v) is 6.47. The highest BCUT2D eigenvalue weighted by molar-refractivity contribution is 6.04. The number of hydrogen-bond donors (Lipinski definition) is 3. The second-order valence-electron chi connectivity index (χ2n) is 8.81. The Hall–Kier alpha value is -3.44. The summed E-state index contributed by atoms with van der Waals surface area (Å²) in [5.41, 5.74) is 0.829. The second-order valence-corrected chi connectivity index (χ2v) is 8.81. The van der Waals surface area contributed by atoms with Gasteiger partial charge in [0.2, 0.25) is 11.9 Å². The largest absolute Gasteiger partial charge is 0.416 e. The summed E-state index contributed by atoms with van der Waals surface area (Å²) in [6.45, 7) is 0.809. The molecule has 2 saturated heterocycles. The molecule has 5 rings (SSSR count). The van der Waals surface area contributed by atoms with E-state index in [4.69, 9.17) is 0 Å². The number of fused-ring (bicyclic) bond motifs is 3. The third kappa shape index (κ3) is 4.48. The number of rotatable bonds is 6. The number of carbonyl (C=O) groups is 2. The molecular formula is C24H24F3N5O3. The Bertz CT molecular complexity index is 1290. The van der Waals surface area contributed by atoms with Gasteiger partial charge in [0.1, 0.15) is 0 Å². The maximum atomic E-state index is 13.1. The van der Waals surface area contributed by atoms with Gasteiger partial charge in [0.15, 0.2) is 0 Å². The van der Waals surface area contributed by atoms with E-state index >= 15 is 0 Å². The van der Waals surface area contributed by atoms with Crippen molar-refractivity contribution in [2.24, 2.45) is 0 Å². The number of piperazine rings is 1. The zero-order valence-corrected chi connectivity index (χ0v) is 18.7. The van der Waals surface area contributed by atoms with E-state index in [1.54, 1.807) is 21.6 Å². The molecule has 35 heavy (non-hydrogen) atoms. The van der Waals surface area contributed by atoms with Gasteiger partial charge in [0, 0.05) is 37.0 Å². The van der Waals surface area contributed by atoms with Crippen molar-refractivity contribution in [1.82, 2.24) is 14.9 Å². The summed E-state index contributed by atoms with van der Waals surface area (Å²) in [5.74, 6) is -0.568. The van der Waals surface area contributed by atoms with Crippen LogP contribution in [0.25, 0.3) is 11.0 Å². The van der Waals surface area contributed by atoms with Crippen LogP contribution in [0.1, 0.15) is 35.2 Å². The van der Waals surface area contributed by atoms with E-state index in [1.807, 2.05) is 6.07 Å². The van der Waals surface area contributed by atoms with Gasteiger partial charge >= 0.3 is 6.18 Å². The smallest absolute Gasteiger partial charge is 0.396 e. The minimum atomic E-state index is -4.57. The lowest BCUT2D eigenvalue weighted by atomic mass is 10.1. The predicted octanol–water partition coefficient (Wildman–Crippen LogP) is 3.16. The fourth-order valence-electron chi connectivity index (χ4n) is 4.74. The van der Waals surface area contributed by atoms with Crippen molar-refractivity contribution in [1.29, 1.82) is 0 Å². The van der Waals surface area contributed by atoms with Crippen molar-refractivity contribution >= 4 is 34.5 Å². The van der Waals surface area contributed by atoms with Gasteiger partial charge in [0.25, 0.3) is 5.91 Å². The van der Waals surface area contributed by atoms with Crippen molar-refractivity contribution in [2.45, 2.75) is 44.1 Å². The number of alkyl halides is 3. The lowest BCUT2D eigenvalue weighted by Gasteiger charge is -2.32. The molecule has 2 atom stereocenters. The van der Waals surface area contributed by atoms with E-state index in [9.17, 15) is 27.9 Å². The molecule has 0 saturated carbocycles. The molecule has 2 aromatic carbocycles. The normalized spacial score (nSPS) is 20.0. The van der Waals surface area contributed by atoms with E-state index in [-0.39, 0.29) is 36.1 Å². The van der Waals surface area contributed by atoms with Gasteiger partial charge < -0.3 is 19.9 Å². The topological polar surface area (TPSA) is 99.5 Å². The molecule has 8 nitrogen and oxygen atoms in total. The van der Waals surface area contributed by atoms with Crippen LogP contribution in [0.5, 0.6) is 0 Å². The molecule has 2 unspecified atom stereocenters. The summed E-state index contributed by atoms with van der Waals surface area (Å²) in [4.78, 5) is 31.9. The second kappa shape index (κ2) is 8.97. The van der Waals surface area contributed by atoms with E-state index in [0.717, 1.165) is 25.0 Å². The van der Waals surface area contributed by atoms with Crippen molar-refractivity contribution in [3.8, 4) is 0 Å². The number of aliphatic hydroxyl groups is 1. The zero-order valence-electron chi connectivity index (χ0n) is 18.7. The third-order valence-electron chi connectivity index (χ3n) is 6.47. The summed E-state index contributed by atoms with van der Waals surface area (Å²) in [6, 6.07) is 9.62. The summed E-state index contributed by atoms with van der Waals surface area (Å²) < 4.78 is 40.9. The number of hydrogen-bond acceptors (Lipinski definition) is 5. The number of nitrogens with one attached hydrogen (secondary N) is 2. The maximum absolute atomic E-state index is 13.1. The van der Waals surface area contributed by atoms with Crippen molar-refractivity contribution in [3.63, 3.8) is 0 Å². The number of imidazole rings is 1. The number of benzene rings is 2. The molecule has 2 aliphatic heterocycles. The number of aliphatic hydroxyl groups excluding tert-OH is 1. The molecule has 1 aromatic heterocycles. The van der Waals surface area contributed by atoms with Gasteiger partial charge in [-0.15, -0.1) is 0 Å². The zero-order chi connectivity index (χ0) is 24.7. The summed E-state index contributed by atoms with van der Waals surface area (Å²) >= 11 is 0. The molecule has 3 N–H and O–H groups in total. The summed E-state index contributed by atoms with van der Waals surface area (Å²) in [6.07, 6.45) is -2.43. The maximum Gasteiger partial charge on any atom is 0.416 e. The number of nitrogens with zero attached hydrogens (tertiary/aromatic N) is 3. The minimum absolute atomic E-state index is 0.0101. The summed E-state index contributed by atoms with van der Waals surface area (Å²) in [5, 5.41) is 15.2. The SMILES string of the molecule is O=C(Nc1nc2cc(N3CC4CCC(N4)C3=O)ccc2n1CCCO)c1cccc(C(F)(F)F)c1. The van der Waals surface area contributed by atoms with Gasteiger partial charge in [-0.3, -0.25) is 14.9 Å². The van der Waals surface area contributed by atoms with Gasteiger partial charge in [-0.2, -0.15) is 13.2 Å². The van der Waals surface area contributed by atoms with Crippen LogP contribution in [0.3, 0.4) is 0 Å². The van der Waals surface area contributed by atoms with Crippen molar-refractivity contribution < 1.29 is 27.9 Å². The highest BCUT2D eigenvalue weighted by Gasteiger charge is 2.39. The summed E-state index contributed by atoms with van der Waals surface area (Å²) in [7, 11) is 0. The van der Waals surface area contributed by atoms with Crippen molar-refractivity contribution in [2.75, 3.05) is 23.4 Å². The monoisotopic (exact) mass is 487 g/mol. The number of aromatic nitrogens is 2. The Morgan fingerprint density at radius 3 is 2.80 bits per heavy atom. The lowest BCUT2D eigenvalue weighted by molar-refractivity contribution is -0.137. The van der Waals surface area contributed by atoms with Crippen LogP contribution in [0.2, 0.25) is 0 Å².